The molecule has 0 unspecified atom stereocenters. The first-order valence-electron chi connectivity index (χ1n) is 7.15. The zero-order valence-corrected chi connectivity index (χ0v) is 15.0. The lowest BCUT2D eigenvalue weighted by Gasteiger charge is -2.13. The molecule has 2 aromatic carbocycles. The van der Waals surface area contributed by atoms with Gasteiger partial charge in [-0.3, -0.25) is 0 Å². The van der Waals surface area contributed by atoms with E-state index in [4.69, 9.17) is 44.3 Å². The number of hydrogen-bond acceptors (Lipinski definition) is 3. The maximum atomic E-state index is 6.07. The standard InChI is InChI=1S/C17H18Cl3NO2/c1-22-7-6-21-10-13-9-14(18)3-5-17(13)23-11-12-2-4-15(19)16(20)8-12/h2-5,8-9,21H,6-7,10-11H2,1H3. The van der Waals surface area contributed by atoms with E-state index in [1.54, 1.807) is 19.2 Å². The summed E-state index contributed by atoms with van der Waals surface area (Å²) in [7, 11) is 1.67. The molecule has 2 rings (SSSR count). The smallest absolute Gasteiger partial charge is 0.124 e. The first-order chi connectivity index (χ1) is 11.1. The van der Waals surface area contributed by atoms with Crippen LogP contribution in [-0.4, -0.2) is 20.3 Å². The van der Waals surface area contributed by atoms with Gasteiger partial charge in [0.2, 0.25) is 0 Å². The van der Waals surface area contributed by atoms with Gasteiger partial charge in [0.15, 0.2) is 0 Å². The molecule has 0 radical (unpaired) electrons. The lowest BCUT2D eigenvalue weighted by molar-refractivity contribution is 0.199. The Morgan fingerprint density at radius 3 is 2.57 bits per heavy atom. The third kappa shape index (κ3) is 5.87. The summed E-state index contributed by atoms with van der Waals surface area (Å²) in [5.41, 5.74) is 1.95. The van der Waals surface area contributed by atoms with Gasteiger partial charge in [-0.25, -0.2) is 0 Å². The first-order valence-corrected chi connectivity index (χ1v) is 8.28. The van der Waals surface area contributed by atoms with Crippen LogP contribution in [0.5, 0.6) is 5.75 Å². The molecule has 0 saturated heterocycles. The summed E-state index contributed by atoms with van der Waals surface area (Å²) >= 11 is 18.0. The van der Waals surface area contributed by atoms with Crippen molar-refractivity contribution >= 4 is 34.8 Å². The average Bonchev–Trinajstić information content (AvgIpc) is 2.54. The van der Waals surface area contributed by atoms with Crippen molar-refractivity contribution in [1.29, 1.82) is 0 Å². The Hall–Kier alpha value is -0.970. The van der Waals surface area contributed by atoms with Gasteiger partial charge in [-0.15, -0.1) is 0 Å². The highest BCUT2D eigenvalue weighted by molar-refractivity contribution is 6.42. The zero-order valence-electron chi connectivity index (χ0n) is 12.7. The normalized spacial score (nSPS) is 10.8. The molecule has 0 aliphatic rings. The Morgan fingerprint density at radius 2 is 1.83 bits per heavy atom. The molecule has 0 fully saturated rings. The zero-order chi connectivity index (χ0) is 16.7. The largest absolute Gasteiger partial charge is 0.489 e. The minimum Gasteiger partial charge on any atom is -0.489 e. The number of benzene rings is 2. The first kappa shape index (κ1) is 18.4. The van der Waals surface area contributed by atoms with Crippen molar-refractivity contribution in [3.8, 4) is 5.75 Å². The number of halogens is 3. The third-order valence-corrected chi connectivity index (χ3v) is 4.17. The summed E-state index contributed by atoms with van der Waals surface area (Å²) < 4.78 is 10.9. The molecule has 0 spiro atoms. The summed E-state index contributed by atoms with van der Waals surface area (Å²) in [6.07, 6.45) is 0. The number of ether oxygens (including phenoxy) is 2. The molecule has 0 amide bonds. The molecular weight excluding hydrogens is 357 g/mol. The van der Waals surface area contributed by atoms with Crippen LogP contribution in [0.25, 0.3) is 0 Å². The van der Waals surface area contributed by atoms with Gasteiger partial charge in [-0.2, -0.15) is 0 Å². The number of nitrogens with one attached hydrogen (secondary N) is 1. The van der Waals surface area contributed by atoms with Crippen LogP contribution < -0.4 is 10.1 Å². The Balaban J connectivity index is 2.01. The van der Waals surface area contributed by atoms with Gasteiger partial charge in [-0.05, 0) is 35.9 Å². The number of rotatable bonds is 8. The Kier molecular flexibility index (Phi) is 7.47. The lowest BCUT2D eigenvalue weighted by Crippen LogP contribution is -2.19. The number of methoxy groups -OCH3 is 1. The highest BCUT2D eigenvalue weighted by Gasteiger charge is 2.06. The van der Waals surface area contributed by atoms with Crippen LogP contribution in [0.15, 0.2) is 36.4 Å². The molecule has 0 aliphatic heterocycles. The maximum Gasteiger partial charge on any atom is 0.124 e. The second kappa shape index (κ2) is 9.36. The fraction of sp³-hybridized carbons (Fsp3) is 0.294. The van der Waals surface area contributed by atoms with Crippen molar-refractivity contribution in [3.63, 3.8) is 0 Å². The molecule has 3 nitrogen and oxygen atoms in total. The summed E-state index contributed by atoms with van der Waals surface area (Å²) in [6.45, 7) is 2.47. The Morgan fingerprint density at radius 1 is 1.00 bits per heavy atom. The monoisotopic (exact) mass is 373 g/mol. The molecule has 0 aliphatic carbocycles. The molecule has 124 valence electrons. The molecular formula is C17H18Cl3NO2. The molecule has 0 bridgehead atoms. The summed E-state index contributed by atoms with van der Waals surface area (Å²) in [5, 5.41) is 5.01. The van der Waals surface area contributed by atoms with Crippen molar-refractivity contribution in [3.05, 3.63) is 62.6 Å². The predicted octanol–water partition coefficient (Wildman–Crippen LogP) is 4.96. The van der Waals surface area contributed by atoms with Crippen LogP contribution in [0, 0.1) is 0 Å². The second-order valence-electron chi connectivity index (χ2n) is 4.96. The molecule has 2 aromatic rings. The highest BCUT2D eigenvalue weighted by atomic mass is 35.5. The molecule has 1 N–H and O–H groups in total. The van der Waals surface area contributed by atoms with Crippen LogP contribution in [-0.2, 0) is 17.9 Å². The van der Waals surface area contributed by atoms with Crippen LogP contribution in [0.3, 0.4) is 0 Å². The fourth-order valence-electron chi connectivity index (χ4n) is 2.01. The van der Waals surface area contributed by atoms with Crippen LogP contribution in [0.4, 0.5) is 0 Å². The van der Waals surface area contributed by atoms with E-state index in [1.807, 2.05) is 24.3 Å². The van der Waals surface area contributed by atoms with Crippen molar-refractivity contribution in [2.45, 2.75) is 13.2 Å². The van der Waals surface area contributed by atoms with Gasteiger partial charge in [0.25, 0.3) is 0 Å². The predicted molar refractivity (Wildman–Crippen MR) is 95.8 cm³/mol. The molecule has 0 aromatic heterocycles. The van der Waals surface area contributed by atoms with E-state index >= 15 is 0 Å². The summed E-state index contributed by atoms with van der Waals surface area (Å²) in [4.78, 5) is 0. The summed E-state index contributed by atoms with van der Waals surface area (Å²) in [6, 6.07) is 11.0. The van der Waals surface area contributed by atoms with Gasteiger partial charge >= 0.3 is 0 Å². The van der Waals surface area contributed by atoms with E-state index in [0.717, 1.165) is 23.4 Å². The SMILES string of the molecule is COCCNCc1cc(Cl)ccc1OCc1ccc(Cl)c(Cl)c1. The van der Waals surface area contributed by atoms with E-state index < -0.39 is 0 Å². The van der Waals surface area contributed by atoms with Crippen LogP contribution in [0.2, 0.25) is 15.1 Å². The van der Waals surface area contributed by atoms with Gasteiger partial charge in [-0.1, -0.05) is 40.9 Å². The van der Waals surface area contributed by atoms with Gasteiger partial charge in [0, 0.05) is 30.8 Å². The average molecular weight is 375 g/mol. The van der Waals surface area contributed by atoms with E-state index in [-0.39, 0.29) is 0 Å². The van der Waals surface area contributed by atoms with Crippen molar-refractivity contribution in [1.82, 2.24) is 5.32 Å². The highest BCUT2D eigenvalue weighted by Crippen LogP contribution is 2.26. The van der Waals surface area contributed by atoms with Crippen molar-refractivity contribution in [2.24, 2.45) is 0 Å². The van der Waals surface area contributed by atoms with E-state index in [2.05, 4.69) is 5.32 Å². The van der Waals surface area contributed by atoms with E-state index in [0.29, 0.717) is 34.8 Å². The van der Waals surface area contributed by atoms with Gasteiger partial charge < -0.3 is 14.8 Å². The van der Waals surface area contributed by atoms with E-state index in [9.17, 15) is 0 Å². The minimum atomic E-state index is 0.406. The molecule has 0 saturated carbocycles. The topological polar surface area (TPSA) is 30.5 Å². The van der Waals surface area contributed by atoms with Gasteiger partial charge in [0.1, 0.15) is 12.4 Å². The van der Waals surface area contributed by atoms with Crippen LogP contribution >= 0.6 is 34.8 Å². The quantitative estimate of drug-likeness (QED) is 0.662. The molecule has 6 heteroatoms. The van der Waals surface area contributed by atoms with Crippen molar-refractivity contribution in [2.75, 3.05) is 20.3 Å². The minimum absolute atomic E-state index is 0.406. The van der Waals surface area contributed by atoms with Crippen molar-refractivity contribution < 1.29 is 9.47 Å². The van der Waals surface area contributed by atoms with Gasteiger partial charge in [0.05, 0.1) is 16.7 Å². The third-order valence-electron chi connectivity index (χ3n) is 3.20. The lowest BCUT2D eigenvalue weighted by atomic mass is 10.2. The Bertz CT molecular complexity index is 650. The number of hydrogen-bond donors (Lipinski definition) is 1. The second-order valence-corrected chi connectivity index (χ2v) is 6.21. The molecule has 23 heavy (non-hydrogen) atoms. The summed E-state index contributed by atoms with van der Waals surface area (Å²) in [5.74, 6) is 0.783. The Labute approximate surface area is 151 Å². The van der Waals surface area contributed by atoms with E-state index in [1.165, 1.54) is 0 Å². The van der Waals surface area contributed by atoms with Crippen LogP contribution in [0.1, 0.15) is 11.1 Å². The molecule has 0 atom stereocenters. The maximum absolute atomic E-state index is 6.07. The molecule has 0 heterocycles. The fourth-order valence-corrected chi connectivity index (χ4v) is 2.53.